The topological polar surface area (TPSA) is 55.4 Å². The second-order valence-electron chi connectivity index (χ2n) is 8.22. The molecule has 0 bridgehead atoms. The fourth-order valence-electron chi connectivity index (χ4n) is 3.90. The molecule has 4 nitrogen and oxygen atoms in total. The molecule has 0 radical (unpaired) electrons. The zero-order chi connectivity index (χ0) is 19.3. The Kier molecular flexibility index (Phi) is 6.85. The van der Waals surface area contributed by atoms with E-state index in [0.717, 1.165) is 24.3 Å². The number of amides is 1. The number of ketones is 1. The Labute approximate surface area is 157 Å². The lowest BCUT2D eigenvalue weighted by Gasteiger charge is -2.39. The molecule has 0 aliphatic heterocycles. The van der Waals surface area contributed by atoms with Crippen LogP contribution in [0.5, 0.6) is 5.75 Å². The van der Waals surface area contributed by atoms with E-state index in [-0.39, 0.29) is 24.2 Å². The third-order valence-corrected chi connectivity index (χ3v) is 6.15. The van der Waals surface area contributed by atoms with Gasteiger partial charge in [-0.3, -0.25) is 9.59 Å². The number of hydrogen-bond donors (Lipinski definition) is 1. The van der Waals surface area contributed by atoms with Crippen molar-refractivity contribution in [3.8, 4) is 5.75 Å². The van der Waals surface area contributed by atoms with E-state index < -0.39 is 0 Å². The minimum atomic E-state index is -0.00817. The lowest BCUT2D eigenvalue weighted by Crippen LogP contribution is -2.40. The number of hydrogen-bond acceptors (Lipinski definition) is 3. The highest BCUT2D eigenvalue weighted by Crippen LogP contribution is 2.40. The minimum absolute atomic E-state index is 0.00204. The third-order valence-electron chi connectivity index (χ3n) is 6.15. The Morgan fingerprint density at radius 1 is 1.19 bits per heavy atom. The van der Waals surface area contributed by atoms with Crippen molar-refractivity contribution in [2.45, 2.75) is 72.3 Å². The summed E-state index contributed by atoms with van der Waals surface area (Å²) in [6.45, 7) is 8.49. The molecule has 1 aromatic carbocycles. The molecule has 1 aliphatic rings. The Hall–Kier alpha value is -1.84. The van der Waals surface area contributed by atoms with Gasteiger partial charge in [-0.15, -0.1) is 0 Å². The molecule has 1 amide bonds. The van der Waals surface area contributed by atoms with E-state index in [2.05, 4.69) is 26.1 Å². The van der Waals surface area contributed by atoms with Crippen LogP contribution in [0.25, 0.3) is 0 Å². The van der Waals surface area contributed by atoms with Crippen LogP contribution >= 0.6 is 0 Å². The summed E-state index contributed by atoms with van der Waals surface area (Å²) in [6, 6.07) is 5.52. The van der Waals surface area contributed by atoms with Gasteiger partial charge in [0.2, 0.25) is 5.91 Å². The SMILES string of the molecule is CCC(C)(C)C1CCC(NC(=O)Cc2cc(C(C)=O)ccc2OC)CC1. The van der Waals surface area contributed by atoms with Crippen molar-refractivity contribution >= 4 is 11.7 Å². The smallest absolute Gasteiger partial charge is 0.224 e. The maximum Gasteiger partial charge on any atom is 0.224 e. The molecule has 0 atom stereocenters. The summed E-state index contributed by atoms with van der Waals surface area (Å²) >= 11 is 0. The lowest BCUT2D eigenvalue weighted by atomic mass is 9.69. The summed E-state index contributed by atoms with van der Waals surface area (Å²) in [4.78, 5) is 24.1. The number of carbonyl (C=O) groups is 2. The van der Waals surface area contributed by atoms with Gasteiger partial charge in [-0.2, -0.15) is 0 Å². The standard InChI is InChI=1S/C22H33NO3/c1-6-22(3,4)18-8-10-19(11-9-18)23-21(25)14-17-13-16(15(2)24)7-12-20(17)26-5/h7,12-13,18-19H,6,8-11,14H2,1-5H3,(H,23,25). The summed E-state index contributed by atoms with van der Waals surface area (Å²) in [5.74, 6) is 1.39. The molecule has 0 aromatic heterocycles. The van der Waals surface area contributed by atoms with Crippen LogP contribution < -0.4 is 10.1 Å². The fraction of sp³-hybridized carbons (Fsp3) is 0.636. The molecule has 2 rings (SSSR count). The molecule has 4 heteroatoms. The van der Waals surface area contributed by atoms with Gasteiger partial charge in [0.1, 0.15) is 5.75 Å². The molecule has 0 saturated heterocycles. The van der Waals surface area contributed by atoms with E-state index in [1.165, 1.54) is 26.2 Å². The normalized spacial score (nSPS) is 20.5. The number of ether oxygens (including phenoxy) is 1. The van der Waals surface area contributed by atoms with E-state index in [4.69, 9.17) is 4.74 Å². The highest BCUT2D eigenvalue weighted by atomic mass is 16.5. The van der Waals surface area contributed by atoms with Crippen molar-refractivity contribution < 1.29 is 14.3 Å². The Morgan fingerprint density at radius 2 is 1.85 bits per heavy atom. The number of carbonyl (C=O) groups excluding carboxylic acids is 2. The molecule has 1 saturated carbocycles. The van der Waals surface area contributed by atoms with Crippen molar-refractivity contribution in [3.63, 3.8) is 0 Å². The van der Waals surface area contributed by atoms with Gasteiger partial charge in [-0.25, -0.2) is 0 Å². The summed E-state index contributed by atoms with van der Waals surface area (Å²) < 4.78 is 5.34. The molecule has 144 valence electrons. The molecule has 1 aliphatic carbocycles. The van der Waals surface area contributed by atoms with E-state index in [9.17, 15) is 9.59 Å². The number of Topliss-reactive ketones (excluding diaryl/α,β-unsaturated/α-hetero) is 1. The van der Waals surface area contributed by atoms with Crippen molar-refractivity contribution in [2.75, 3.05) is 7.11 Å². The first-order valence-electron chi connectivity index (χ1n) is 9.74. The summed E-state index contributed by atoms with van der Waals surface area (Å²) in [5, 5.41) is 3.18. The van der Waals surface area contributed by atoms with Gasteiger partial charge in [-0.05, 0) is 62.1 Å². The molecule has 0 heterocycles. The first-order chi connectivity index (χ1) is 12.3. The average molecular weight is 360 g/mol. The van der Waals surface area contributed by atoms with E-state index in [1.54, 1.807) is 25.3 Å². The van der Waals surface area contributed by atoms with Crippen molar-refractivity contribution in [3.05, 3.63) is 29.3 Å². The quantitative estimate of drug-likeness (QED) is 0.727. The predicted molar refractivity (Wildman–Crippen MR) is 105 cm³/mol. The molecule has 0 spiro atoms. The number of nitrogens with one attached hydrogen (secondary N) is 1. The van der Waals surface area contributed by atoms with E-state index in [1.807, 2.05) is 0 Å². The monoisotopic (exact) mass is 359 g/mol. The molecule has 1 aromatic rings. The molecule has 0 unspecified atom stereocenters. The fourth-order valence-corrected chi connectivity index (χ4v) is 3.90. The van der Waals surface area contributed by atoms with Crippen LogP contribution in [0.15, 0.2) is 18.2 Å². The van der Waals surface area contributed by atoms with Crippen molar-refractivity contribution in [1.82, 2.24) is 5.32 Å². The number of rotatable bonds is 7. The number of methoxy groups -OCH3 is 1. The third kappa shape index (κ3) is 5.09. The van der Waals surface area contributed by atoms with Crippen LogP contribution in [-0.4, -0.2) is 24.8 Å². The molecule has 1 N–H and O–H groups in total. The Balaban J connectivity index is 1.94. The van der Waals surface area contributed by atoms with Crippen molar-refractivity contribution in [1.29, 1.82) is 0 Å². The predicted octanol–water partition coefficient (Wildman–Crippen LogP) is 4.55. The van der Waals surface area contributed by atoms with Crippen LogP contribution in [-0.2, 0) is 11.2 Å². The summed E-state index contributed by atoms with van der Waals surface area (Å²) in [5.41, 5.74) is 1.75. The first-order valence-corrected chi connectivity index (χ1v) is 9.74. The zero-order valence-corrected chi connectivity index (χ0v) is 16.9. The maximum absolute atomic E-state index is 12.5. The Bertz CT molecular complexity index is 643. The second kappa shape index (κ2) is 8.70. The van der Waals surface area contributed by atoms with Gasteiger partial charge in [0, 0.05) is 17.2 Å². The van der Waals surface area contributed by atoms with E-state index >= 15 is 0 Å². The zero-order valence-electron chi connectivity index (χ0n) is 16.9. The van der Waals surface area contributed by atoms with Crippen LogP contribution in [0.2, 0.25) is 0 Å². The summed E-state index contributed by atoms with van der Waals surface area (Å²) in [7, 11) is 1.58. The highest BCUT2D eigenvalue weighted by molar-refractivity contribution is 5.94. The molecule has 26 heavy (non-hydrogen) atoms. The van der Waals surface area contributed by atoms with Crippen LogP contribution in [0.1, 0.15) is 75.7 Å². The molecular weight excluding hydrogens is 326 g/mol. The summed E-state index contributed by atoms with van der Waals surface area (Å²) in [6.07, 6.45) is 5.88. The van der Waals surface area contributed by atoms with Gasteiger partial charge in [-0.1, -0.05) is 27.2 Å². The van der Waals surface area contributed by atoms with Crippen LogP contribution in [0, 0.1) is 11.3 Å². The van der Waals surface area contributed by atoms with Crippen LogP contribution in [0.4, 0.5) is 0 Å². The number of benzene rings is 1. The maximum atomic E-state index is 12.5. The Morgan fingerprint density at radius 3 is 2.38 bits per heavy atom. The van der Waals surface area contributed by atoms with Gasteiger partial charge in [0.15, 0.2) is 5.78 Å². The molecular formula is C22H33NO3. The molecule has 1 fully saturated rings. The van der Waals surface area contributed by atoms with Gasteiger partial charge < -0.3 is 10.1 Å². The van der Waals surface area contributed by atoms with Gasteiger partial charge >= 0.3 is 0 Å². The average Bonchev–Trinajstić information content (AvgIpc) is 2.62. The highest BCUT2D eigenvalue weighted by Gasteiger charge is 2.32. The van der Waals surface area contributed by atoms with Gasteiger partial charge in [0.25, 0.3) is 0 Å². The second-order valence-corrected chi connectivity index (χ2v) is 8.22. The largest absolute Gasteiger partial charge is 0.496 e. The lowest BCUT2D eigenvalue weighted by molar-refractivity contribution is -0.121. The van der Waals surface area contributed by atoms with Crippen molar-refractivity contribution in [2.24, 2.45) is 11.3 Å². The van der Waals surface area contributed by atoms with Gasteiger partial charge in [0.05, 0.1) is 13.5 Å². The van der Waals surface area contributed by atoms with E-state index in [0.29, 0.717) is 16.7 Å². The van der Waals surface area contributed by atoms with Crippen LogP contribution in [0.3, 0.4) is 0 Å². The first kappa shape index (κ1) is 20.5. The minimum Gasteiger partial charge on any atom is -0.496 e.